The largest absolute Gasteiger partial charge is 0.479 e. The monoisotopic (exact) mass is 571 g/mol. The smallest absolute Gasteiger partial charge is 0.334 e. The highest BCUT2D eigenvalue weighted by Crippen LogP contribution is 2.34. The van der Waals surface area contributed by atoms with Gasteiger partial charge in [0, 0.05) is 16.9 Å². The number of carboxylic acid groups (broad SMARTS) is 1. The first-order valence-corrected chi connectivity index (χ1v) is 14.6. The Morgan fingerprint density at radius 1 is 0.929 bits per heavy atom. The number of amides is 3. The summed E-state index contributed by atoms with van der Waals surface area (Å²) in [6.45, 7) is 6.27. The molecule has 3 amide bonds. The zero-order valence-electron chi connectivity index (χ0n) is 24.6. The van der Waals surface area contributed by atoms with Crippen molar-refractivity contribution in [2.45, 2.75) is 76.9 Å². The average Bonchev–Trinajstić information content (AvgIpc) is 2.99. The van der Waals surface area contributed by atoms with Crippen molar-refractivity contribution >= 4 is 29.3 Å². The number of anilines is 2. The molecule has 1 fully saturated rings. The highest BCUT2D eigenvalue weighted by Gasteiger charge is 2.21. The molecule has 0 aliphatic heterocycles. The fourth-order valence-electron chi connectivity index (χ4n) is 5.22. The lowest BCUT2D eigenvalue weighted by molar-refractivity contribution is -0.146. The van der Waals surface area contributed by atoms with E-state index < -0.39 is 24.5 Å². The Labute approximate surface area is 247 Å². The molecule has 0 saturated heterocycles. The van der Waals surface area contributed by atoms with Crippen LogP contribution in [0.4, 0.5) is 16.2 Å². The van der Waals surface area contributed by atoms with Gasteiger partial charge in [0.05, 0.1) is 13.1 Å². The first-order chi connectivity index (χ1) is 20.0. The molecule has 1 atom stereocenters. The van der Waals surface area contributed by atoms with E-state index in [1.807, 2.05) is 30.3 Å². The average molecular weight is 572 g/mol. The summed E-state index contributed by atoms with van der Waals surface area (Å²) in [7, 11) is 0. The van der Waals surface area contributed by atoms with Crippen LogP contribution in [0, 0.1) is 0 Å². The number of carbonyl (C=O) groups is 3. The standard InChI is InChI=1S/C34H41N3O5/c1-34(2,3)27-10-7-11-28(20-27)36-33(42)37(29-18-16-25(17-19-29)24-8-5-4-6-9-24)22-23-12-14-26(15-13-23)31(39)35-21-30(38)32(40)41/h7,10-20,24,30,38H,4-6,8-9,21-22H2,1-3H3,(H,35,39)(H,36,42)(H,40,41). The van der Waals surface area contributed by atoms with Gasteiger partial charge in [-0.2, -0.15) is 0 Å². The second kappa shape index (κ2) is 13.7. The summed E-state index contributed by atoms with van der Waals surface area (Å²) in [5.41, 5.74) is 4.98. The molecule has 1 aliphatic rings. The minimum Gasteiger partial charge on any atom is -0.479 e. The van der Waals surface area contributed by atoms with Crippen LogP contribution >= 0.6 is 0 Å². The minimum atomic E-state index is -1.67. The number of aliphatic carboxylic acids is 1. The zero-order chi connectivity index (χ0) is 30.3. The maximum atomic E-state index is 13.7. The van der Waals surface area contributed by atoms with Gasteiger partial charge in [-0.1, -0.05) is 76.4 Å². The molecule has 0 bridgehead atoms. The van der Waals surface area contributed by atoms with Crippen LogP contribution in [0.1, 0.15) is 85.8 Å². The van der Waals surface area contributed by atoms with Gasteiger partial charge < -0.3 is 20.8 Å². The van der Waals surface area contributed by atoms with Crippen LogP contribution in [0.15, 0.2) is 72.8 Å². The van der Waals surface area contributed by atoms with E-state index in [9.17, 15) is 19.5 Å². The molecule has 0 radical (unpaired) electrons. The van der Waals surface area contributed by atoms with E-state index in [0.717, 1.165) is 16.8 Å². The van der Waals surface area contributed by atoms with Gasteiger partial charge in [-0.3, -0.25) is 9.69 Å². The topological polar surface area (TPSA) is 119 Å². The summed E-state index contributed by atoms with van der Waals surface area (Å²) in [5, 5.41) is 23.7. The lowest BCUT2D eigenvalue weighted by atomic mass is 9.84. The maximum absolute atomic E-state index is 13.7. The van der Waals surface area contributed by atoms with Crippen molar-refractivity contribution in [2.75, 3.05) is 16.8 Å². The highest BCUT2D eigenvalue weighted by atomic mass is 16.4. The van der Waals surface area contributed by atoms with Crippen molar-refractivity contribution in [1.82, 2.24) is 5.32 Å². The maximum Gasteiger partial charge on any atom is 0.334 e. The molecule has 8 nitrogen and oxygen atoms in total. The van der Waals surface area contributed by atoms with E-state index in [1.165, 1.54) is 37.7 Å². The third-order valence-electron chi connectivity index (χ3n) is 7.80. The lowest BCUT2D eigenvalue weighted by Gasteiger charge is -2.26. The first-order valence-electron chi connectivity index (χ1n) is 14.6. The SMILES string of the molecule is CC(C)(C)c1cccc(NC(=O)N(Cc2ccc(C(=O)NCC(O)C(=O)O)cc2)c2ccc(C3CCCCC3)cc2)c1. The lowest BCUT2D eigenvalue weighted by Crippen LogP contribution is -2.36. The van der Waals surface area contributed by atoms with Gasteiger partial charge in [0.15, 0.2) is 6.10 Å². The fourth-order valence-corrected chi connectivity index (χ4v) is 5.22. The molecule has 1 aliphatic carbocycles. The molecule has 8 heteroatoms. The third-order valence-corrected chi connectivity index (χ3v) is 7.80. The number of carbonyl (C=O) groups excluding carboxylic acids is 2. The number of benzene rings is 3. The summed E-state index contributed by atoms with van der Waals surface area (Å²) in [6.07, 6.45) is 4.52. The van der Waals surface area contributed by atoms with Crippen LogP contribution in [0.3, 0.4) is 0 Å². The van der Waals surface area contributed by atoms with Crippen molar-refractivity contribution in [3.63, 3.8) is 0 Å². The van der Waals surface area contributed by atoms with Crippen molar-refractivity contribution in [1.29, 1.82) is 0 Å². The molecule has 3 aromatic carbocycles. The fraction of sp³-hybridized carbons (Fsp3) is 0.382. The van der Waals surface area contributed by atoms with Gasteiger partial charge in [0.1, 0.15) is 0 Å². The van der Waals surface area contributed by atoms with Crippen molar-refractivity contribution in [3.05, 3.63) is 95.1 Å². The Kier molecular flexibility index (Phi) is 10.0. The molecule has 1 saturated carbocycles. The number of aliphatic hydroxyl groups is 1. The van der Waals surface area contributed by atoms with Gasteiger partial charge in [-0.15, -0.1) is 0 Å². The Balaban J connectivity index is 1.54. The number of rotatable bonds is 9. The third kappa shape index (κ3) is 8.19. The van der Waals surface area contributed by atoms with Crippen LogP contribution in [0.25, 0.3) is 0 Å². The molecule has 0 spiro atoms. The van der Waals surface area contributed by atoms with Gasteiger partial charge in [0.2, 0.25) is 0 Å². The number of nitrogens with zero attached hydrogens (tertiary/aromatic N) is 1. The van der Waals surface area contributed by atoms with Crippen LogP contribution in [-0.4, -0.2) is 40.8 Å². The van der Waals surface area contributed by atoms with E-state index in [0.29, 0.717) is 17.2 Å². The highest BCUT2D eigenvalue weighted by molar-refractivity contribution is 6.01. The molecule has 0 aromatic heterocycles. The van der Waals surface area contributed by atoms with Gasteiger partial charge >= 0.3 is 12.0 Å². The number of hydrogen-bond acceptors (Lipinski definition) is 4. The molecule has 42 heavy (non-hydrogen) atoms. The van der Waals surface area contributed by atoms with Crippen LogP contribution in [-0.2, 0) is 16.8 Å². The van der Waals surface area contributed by atoms with E-state index in [1.54, 1.807) is 29.2 Å². The molecule has 222 valence electrons. The van der Waals surface area contributed by atoms with Gasteiger partial charge in [-0.05, 0) is 77.3 Å². The first kappa shape index (κ1) is 30.8. The van der Waals surface area contributed by atoms with E-state index in [4.69, 9.17) is 5.11 Å². The van der Waals surface area contributed by atoms with E-state index in [2.05, 4.69) is 49.6 Å². The van der Waals surface area contributed by atoms with Crippen LogP contribution in [0.2, 0.25) is 0 Å². The quantitative estimate of drug-likeness (QED) is 0.236. The molecular weight excluding hydrogens is 530 g/mol. The van der Waals surface area contributed by atoms with Crippen molar-refractivity contribution < 1.29 is 24.6 Å². The molecule has 4 rings (SSSR count). The normalized spacial score (nSPS) is 14.6. The molecule has 4 N–H and O–H groups in total. The minimum absolute atomic E-state index is 0.0604. The molecule has 1 unspecified atom stereocenters. The predicted octanol–water partition coefficient (Wildman–Crippen LogP) is 6.45. The predicted molar refractivity (Wildman–Crippen MR) is 165 cm³/mol. The second-order valence-electron chi connectivity index (χ2n) is 12.0. The van der Waals surface area contributed by atoms with Gasteiger partial charge in [0.25, 0.3) is 5.91 Å². The molecule has 0 heterocycles. The summed E-state index contributed by atoms with van der Waals surface area (Å²) >= 11 is 0. The molecule has 3 aromatic rings. The van der Waals surface area contributed by atoms with E-state index >= 15 is 0 Å². The van der Waals surface area contributed by atoms with Crippen LogP contribution < -0.4 is 15.5 Å². The van der Waals surface area contributed by atoms with Crippen LogP contribution in [0.5, 0.6) is 0 Å². The zero-order valence-corrected chi connectivity index (χ0v) is 24.6. The van der Waals surface area contributed by atoms with Crippen molar-refractivity contribution in [3.8, 4) is 0 Å². The second-order valence-corrected chi connectivity index (χ2v) is 12.0. The number of hydrogen-bond donors (Lipinski definition) is 4. The number of urea groups is 1. The summed E-state index contributed by atoms with van der Waals surface area (Å²) in [6, 6.07) is 22.6. The molecular formula is C34H41N3O5. The summed E-state index contributed by atoms with van der Waals surface area (Å²) in [5.74, 6) is -1.33. The Hall–Kier alpha value is -4.17. The Morgan fingerprint density at radius 3 is 2.21 bits per heavy atom. The van der Waals surface area contributed by atoms with Crippen molar-refractivity contribution in [2.24, 2.45) is 0 Å². The Bertz CT molecular complexity index is 1370. The number of carboxylic acids is 1. The number of aliphatic hydroxyl groups excluding tert-OH is 1. The summed E-state index contributed by atoms with van der Waals surface area (Å²) in [4.78, 5) is 38.6. The van der Waals surface area contributed by atoms with Gasteiger partial charge in [-0.25, -0.2) is 9.59 Å². The number of nitrogens with one attached hydrogen (secondary N) is 2. The Morgan fingerprint density at radius 2 is 1.60 bits per heavy atom. The summed E-state index contributed by atoms with van der Waals surface area (Å²) < 4.78 is 0. The van der Waals surface area contributed by atoms with E-state index in [-0.39, 0.29) is 18.0 Å².